The van der Waals surface area contributed by atoms with Crippen molar-refractivity contribution in [1.82, 2.24) is 0 Å². The Morgan fingerprint density at radius 3 is 2.50 bits per heavy atom. The fourth-order valence-electron chi connectivity index (χ4n) is 1.56. The molecule has 0 radical (unpaired) electrons. The molecule has 2 atom stereocenters. The molecule has 0 heterocycles. The lowest BCUT2D eigenvalue weighted by molar-refractivity contribution is -0.126. The first kappa shape index (κ1) is 13.6. The number of ketones is 1. The molecule has 0 aliphatic heterocycles. The molecule has 84 valence electrons. The largest absolute Gasteiger partial charge is 0.385 e. The lowest BCUT2D eigenvalue weighted by Gasteiger charge is -2.17. The number of carbonyl (C=O) groups is 1. The maximum atomic E-state index is 11.8. The highest BCUT2D eigenvalue weighted by Crippen LogP contribution is 2.14. The number of methoxy groups -OCH3 is 1. The van der Waals surface area contributed by atoms with E-state index in [9.17, 15) is 4.79 Å². The van der Waals surface area contributed by atoms with Gasteiger partial charge in [-0.1, -0.05) is 20.3 Å². The summed E-state index contributed by atoms with van der Waals surface area (Å²) in [5, 5.41) is 0. The zero-order valence-corrected chi connectivity index (χ0v) is 9.58. The van der Waals surface area contributed by atoms with E-state index >= 15 is 0 Å². The number of nitrogens with two attached hydrogens (primary N) is 1. The van der Waals surface area contributed by atoms with E-state index in [1.165, 1.54) is 0 Å². The third kappa shape index (κ3) is 4.72. The van der Waals surface area contributed by atoms with Crippen LogP contribution in [0.4, 0.5) is 0 Å². The Hall–Kier alpha value is -0.410. The molecular formula is C11H23NO2. The van der Waals surface area contributed by atoms with Crippen LogP contribution in [0.3, 0.4) is 0 Å². The van der Waals surface area contributed by atoms with Crippen molar-refractivity contribution in [2.75, 3.05) is 20.3 Å². The Bertz CT molecular complexity index is 159. The molecule has 0 fully saturated rings. The summed E-state index contributed by atoms with van der Waals surface area (Å²) in [4.78, 5) is 11.8. The first-order valence-corrected chi connectivity index (χ1v) is 5.40. The van der Waals surface area contributed by atoms with E-state index in [2.05, 4.69) is 6.92 Å². The van der Waals surface area contributed by atoms with E-state index in [4.69, 9.17) is 10.5 Å². The second kappa shape index (κ2) is 7.94. The van der Waals surface area contributed by atoms with Crippen LogP contribution < -0.4 is 5.73 Å². The third-order valence-corrected chi connectivity index (χ3v) is 2.56. The standard InChI is InChI=1S/C11H23NO2/c1-4-5-10(8-12)11(13)9(2)6-7-14-3/h9-10H,4-8,12H2,1-3H3. The van der Waals surface area contributed by atoms with Gasteiger partial charge in [0.1, 0.15) is 5.78 Å². The third-order valence-electron chi connectivity index (χ3n) is 2.56. The molecule has 0 aromatic rings. The van der Waals surface area contributed by atoms with E-state index in [-0.39, 0.29) is 11.8 Å². The van der Waals surface area contributed by atoms with Gasteiger partial charge in [-0.3, -0.25) is 4.79 Å². The second-order valence-electron chi connectivity index (χ2n) is 3.81. The van der Waals surface area contributed by atoms with Gasteiger partial charge in [0, 0.05) is 32.1 Å². The Labute approximate surface area is 87.0 Å². The van der Waals surface area contributed by atoms with Crippen molar-refractivity contribution in [1.29, 1.82) is 0 Å². The Kier molecular flexibility index (Phi) is 7.71. The minimum absolute atomic E-state index is 0.0480. The molecule has 3 heteroatoms. The quantitative estimate of drug-likeness (QED) is 0.649. The van der Waals surface area contributed by atoms with Crippen LogP contribution in [0.25, 0.3) is 0 Å². The summed E-state index contributed by atoms with van der Waals surface area (Å²) in [6, 6.07) is 0. The minimum atomic E-state index is 0.0480. The highest BCUT2D eigenvalue weighted by atomic mass is 16.5. The van der Waals surface area contributed by atoms with Crippen LogP contribution in [0.1, 0.15) is 33.1 Å². The molecule has 0 bridgehead atoms. The van der Waals surface area contributed by atoms with Gasteiger partial charge in [0.05, 0.1) is 0 Å². The van der Waals surface area contributed by atoms with Crippen molar-refractivity contribution in [3.05, 3.63) is 0 Å². The summed E-state index contributed by atoms with van der Waals surface area (Å²) >= 11 is 0. The molecule has 0 spiro atoms. The number of rotatable bonds is 8. The van der Waals surface area contributed by atoms with Crippen molar-refractivity contribution >= 4 is 5.78 Å². The van der Waals surface area contributed by atoms with Gasteiger partial charge in [0.15, 0.2) is 0 Å². The van der Waals surface area contributed by atoms with Crippen LogP contribution in [0.2, 0.25) is 0 Å². The summed E-state index contributed by atoms with van der Waals surface area (Å²) in [5.74, 6) is 0.424. The lowest BCUT2D eigenvalue weighted by Crippen LogP contribution is -2.28. The molecule has 0 saturated carbocycles. The Balaban J connectivity index is 3.99. The first-order valence-electron chi connectivity index (χ1n) is 5.40. The number of Topliss-reactive ketones (excluding diaryl/α,β-unsaturated/α-hetero) is 1. The Morgan fingerprint density at radius 2 is 2.07 bits per heavy atom. The molecule has 0 aliphatic rings. The van der Waals surface area contributed by atoms with Gasteiger partial charge in [-0.05, 0) is 12.8 Å². The zero-order valence-electron chi connectivity index (χ0n) is 9.58. The molecule has 0 amide bonds. The van der Waals surface area contributed by atoms with E-state index < -0.39 is 0 Å². The summed E-state index contributed by atoms with van der Waals surface area (Å²) < 4.78 is 4.95. The number of hydrogen-bond acceptors (Lipinski definition) is 3. The van der Waals surface area contributed by atoms with Crippen LogP contribution >= 0.6 is 0 Å². The van der Waals surface area contributed by atoms with E-state index in [1.807, 2.05) is 6.92 Å². The van der Waals surface area contributed by atoms with Gasteiger partial charge in [0.25, 0.3) is 0 Å². The SMILES string of the molecule is CCCC(CN)C(=O)C(C)CCOC. The molecule has 14 heavy (non-hydrogen) atoms. The van der Waals surface area contributed by atoms with E-state index in [0.29, 0.717) is 18.9 Å². The van der Waals surface area contributed by atoms with Gasteiger partial charge in [-0.2, -0.15) is 0 Å². The predicted octanol–water partition coefficient (Wildman–Crippen LogP) is 1.60. The van der Waals surface area contributed by atoms with Crippen LogP contribution in [0.5, 0.6) is 0 Å². The molecular weight excluding hydrogens is 178 g/mol. The molecule has 0 aromatic carbocycles. The molecule has 0 aromatic heterocycles. The maximum Gasteiger partial charge on any atom is 0.140 e. The molecule has 3 nitrogen and oxygen atoms in total. The Morgan fingerprint density at radius 1 is 1.43 bits per heavy atom. The number of carbonyl (C=O) groups excluding carboxylic acids is 1. The van der Waals surface area contributed by atoms with Crippen molar-refractivity contribution < 1.29 is 9.53 Å². The summed E-state index contributed by atoms with van der Waals surface area (Å²) in [5.41, 5.74) is 5.57. The first-order chi connectivity index (χ1) is 6.67. The number of ether oxygens (including phenoxy) is 1. The average Bonchev–Trinajstić information content (AvgIpc) is 2.21. The van der Waals surface area contributed by atoms with Gasteiger partial charge in [-0.25, -0.2) is 0 Å². The minimum Gasteiger partial charge on any atom is -0.385 e. The maximum absolute atomic E-state index is 11.8. The fourth-order valence-corrected chi connectivity index (χ4v) is 1.56. The summed E-state index contributed by atoms with van der Waals surface area (Å²) in [6.45, 7) is 5.16. The van der Waals surface area contributed by atoms with Gasteiger partial charge in [0.2, 0.25) is 0 Å². The van der Waals surface area contributed by atoms with Crippen molar-refractivity contribution in [3.63, 3.8) is 0 Å². The number of hydrogen-bond donors (Lipinski definition) is 1. The van der Waals surface area contributed by atoms with Gasteiger partial charge < -0.3 is 10.5 Å². The summed E-state index contributed by atoms with van der Waals surface area (Å²) in [6.07, 6.45) is 2.73. The second-order valence-corrected chi connectivity index (χ2v) is 3.81. The zero-order chi connectivity index (χ0) is 11.0. The van der Waals surface area contributed by atoms with Crippen LogP contribution in [0.15, 0.2) is 0 Å². The normalized spacial score (nSPS) is 15.1. The predicted molar refractivity (Wildman–Crippen MR) is 58.1 cm³/mol. The highest BCUT2D eigenvalue weighted by molar-refractivity contribution is 5.83. The van der Waals surface area contributed by atoms with Crippen molar-refractivity contribution in [3.8, 4) is 0 Å². The monoisotopic (exact) mass is 201 g/mol. The van der Waals surface area contributed by atoms with Crippen LogP contribution in [0, 0.1) is 11.8 Å². The van der Waals surface area contributed by atoms with Crippen molar-refractivity contribution in [2.45, 2.75) is 33.1 Å². The van der Waals surface area contributed by atoms with Crippen LogP contribution in [-0.2, 0) is 9.53 Å². The molecule has 2 unspecified atom stereocenters. The topological polar surface area (TPSA) is 52.3 Å². The lowest BCUT2D eigenvalue weighted by atomic mass is 9.89. The highest BCUT2D eigenvalue weighted by Gasteiger charge is 2.21. The molecule has 0 aliphatic carbocycles. The van der Waals surface area contributed by atoms with E-state index in [0.717, 1.165) is 19.3 Å². The molecule has 0 rings (SSSR count). The van der Waals surface area contributed by atoms with E-state index in [1.54, 1.807) is 7.11 Å². The van der Waals surface area contributed by atoms with Crippen LogP contribution in [-0.4, -0.2) is 26.0 Å². The molecule has 0 saturated heterocycles. The average molecular weight is 201 g/mol. The fraction of sp³-hybridized carbons (Fsp3) is 0.909. The van der Waals surface area contributed by atoms with Gasteiger partial charge in [-0.15, -0.1) is 0 Å². The smallest absolute Gasteiger partial charge is 0.140 e. The molecule has 2 N–H and O–H groups in total. The van der Waals surface area contributed by atoms with Crippen molar-refractivity contribution in [2.24, 2.45) is 17.6 Å². The van der Waals surface area contributed by atoms with Gasteiger partial charge >= 0.3 is 0 Å². The summed E-state index contributed by atoms with van der Waals surface area (Å²) in [7, 11) is 1.66.